The molecule has 0 heterocycles. The van der Waals surface area contributed by atoms with Crippen LogP contribution in [0.1, 0.15) is 32.6 Å². The number of hydrogen-bond acceptors (Lipinski definition) is 3. The van der Waals surface area contributed by atoms with E-state index in [0.717, 1.165) is 12.8 Å². The van der Waals surface area contributed by atoms with Gasteiger partial charge in [0.05, 0.1) is 12.1 Å². The summed E-state index contributed by atoms with van der Waals surface area (Å²) in [5, 5.41) is 3.28. The Kier molecular flexibility index (Phi) is 4.60. The number of primary amides is 1. The number of hydrogen-bond donors (Lipinski definition) is 2. The SMILES string of the molecule is CC(CCCOc1cccc(F)c1)(NC1CC1)C(N)=O. The van der Waals surface area contributed by atoms with Crippen LogP contribution in [0.25, 0.3) is 0 Å². The second-order valence-corrected chi connectivity index (χ2v) is 5.52. The fourth-order valence-electron chi connectivity index (χ4n) is 2.12. The third-order valence-electron chi connectivity index (χ3n) is 3.53. The largest absolute Gasteiger partial charge is 0.493 e. The van der Waals surface area contributed by atoms with E-state index in [-0.39, 0.29) is 11.7 Å². The Hall–Kier alpha value is -1.62. The molecule has 1 aliphatic rings. The van der Waals surface area contributed by atoms with Crippen molar-refractivity contribution in [3.05, 3.63) is 30.1 Å². The van der Waals surface area contributed by atoms with E-state index < -0.39 is 5.54 Å². The van der Waals surface area contributed by atoms with E-state index in [4.69, 9.17) is 10.5 Å². The highest BCUT2D eigenvalue weighted by atomic mass is 19.1. The van der Waals surface area contributed by atoms with Crippen molar-refractivity contribution in [1.29, 1.82) is 0 Å². The van der Waals surface area contributed by atoms with Gasteiger partial charge in [0.1, 0.15) is 11.6 Å². The van der Waals surface area contributed by atoms with Crippen LogP contribution in [-0.2, 0) is 4.79 Å². The minimum absolute atomic E-state index is 0.320. The molecule has 1 atom stereocenters. The van der Waals surface area contributed by atoms with E-state index in [1.807, 2.05) is 6.92 Å². The average molecular weight is 280 g/mol. The Morgan fingerprint density at radius 1 is 1.55 bits per heavy atom. The molecule has 1 saturated carbocycles. The molecule has 3 N–H and O–H groups in total. The summed E-state index contributed by atoms with van der Waals surface area (Å²) in [6.07, 6.45) is 3.48. The first-order chi connectivity index (χ1) is 9.49. The third kappa shape index (κ3) is 4.20. The molecule has 110 valence electrons. The van der Waals surface area contributed by atoms with Crippen molar-refractivity contribution in [3.63, 3.8) is 0 Å². The fourth-order valence-corrected chi connectivity index (χ4v) is 2.12. The molecule has 0 spiro atoms. The van der Waals surface area contributed by atoms with Crippen molar-refractivity contribution < 1.29 is 13.9 Å². The minimum Gasteiger partial charge on any atom is -0.493 e. The first-order valence-electron chi connectivity index (χ1n) is 6.95. The van der Waals surface area contributed by atoms with Crippen molar-refractivity contribution >= 4 is 5.91 Å². The predicted octanol–water partition coefficient (Wildman–Crippen LogP) is 1.98. The van der Waals surface area contributed by atoms with Gasteiger partial charge in [0.25, 0.3) is 0 Å². The lowest BCUT2D eigenvalue weighted by Crippen LogP contribution is -2.54. The summed E-state index contributed by atoms with van der Waals surface area (Å²) in [4.78, 5) is 11.6. The van der Waals surface area contributed by atoms with E-state index in [9.17, 15) is 9.18 Å². The third-order valence-corrected chi connectivity index (χ3v) is 3.53. The number of nitrogens with two attached hydrogens (primary N) is 1. The summed E-state index contributed by atoms with van der Waals surface area (Å²) in [7, 11) is 0. The van der Waals surface area contributed by atoms with Crippen LogP contribution in [0.3, 0.4) is 0 Å². The van der Waals surface area contributed by atoms with Gasteiger partial charge in [0.15, 0.2) is 0 Å². The maximum Gasteiger partial charge on any atom is 0.237 e. The van der Waals surface area contributed by atoms with Gasteiger partial charge in [-0.05, 0) is 44.7 Å². The minimum atomic E-state index is -0.688. The number of benzene rings is 1. The van der Waals surface area contributed by atoms with Crippen LogP contribution < -0.4 is 15.8 Å². The summed E-state index contributed by atoms with van der Waals surface area (Å²) in [5.41, 5.74) is 4.78. The van der Waals surface area contributed by atoms with Crippen molar-refractivity contribution in [3.8, 4) is 5.75 Å². The Bertz CT molecular complexity index is 477. The molecule has 0 aromatic heterocycles. The van der Waals surface area contributed by atoms with Gasteiger partial charge in [-0.2, -0.15) is 0 Å². The predicted molar refractivity (Wildman–Crippen MR) is 74.9 cm³/mol. The molecule has 0 aliphatic heterocycles. The number of ether oxygens (including phenoxy) is 1. The molecule has 1 aromatic carbocycles. The number of halogens is 1. The zero-order valence-corrected chi connectivity index (χ0v) is 11.7. The molecular formula is C15H21FN2O2. The van der Waals surface area contributed by atoms with Gasteiger partial charge in [-0.3, -0.25) is 4.79 Å². The molecule has 5 heteroatoms. The number of amides is 1. The van der Waals surface area contributed by atoms with Crippen LogP contribution in [0.2, 0.25) is 0 Å². The smallest absolute Gasteiger partial charge is 0.237 e. The summed E-state index contributed by atoms with van der Waals surface area (Å²) in [5.74, 6) is -0.157. The van der Waals surface area contributed by atoms with Crippen LogP contribution >= 0.6 is 0 Å². The lowest BCUT2D eigenvalue weighted by molar-refractivity contribution is -0.124. The van der Waals surface area contributed by atoms with Gasteiger partial charge < -0.3 is 15.8 Å². The fraction of sp³-hybridized carbons (Fsp3) is 0.533. The molecular weight excluding hydrogens is 259 g/mol. The van der Waals surface area contributed by atoms with E-state index in [1.54, 1.807) is 12.1 Å². The Labute approximate surface area is 118 Å². The quantitative estimate of drug-likeness (QED) is 0.716. The Morgan fingerprint density at radius 2 is 2.30 bits per heavy atom. The molecule has 20 heavy (non-hydrogen) atoms. The van der Waals surface area contributed by atoms with E-state index >= 15 is 0 Å². The Balaban J connectivity index is 1.77. The average Bonchev–Trinajstić information content (AvgIpc) is 3.18. The van der Waals surface area contributed by atoms with Gasteiger partial charge in [-0.1, -0.05) is 6.07 Å². The zero-order chi connectivity index (χ0) is 14.6. The monoisotopic (exact) mass is 280 g/mol. The summed E-state index contributed by atoms with van der Waals surface area (Å²) < 4.78 is 18.4. The number of carbonyl (C=O) groups excluding carboxylic acids is 1. The highest BCUT2D eigenvalue weighted by Gasteiger charge is 2.36. The topological polar surface area (TPSA) is 64.3 Å². The van der Waals surface area contributed by atoms with Gasteiger partial charge in [-0.25, -0.2) is 4.39 Å². The molecule has 0 saturated heterocycles. The van der Waals surface area contributed by atoms with Gasteiger partial charge in [0.2, 0.25) is 5.91 Å². The van der Waals surface area contributed by atoms with Gasteiger partial charge in [-0.15, -0.1) is 0 Å². The van der Waals surface area contributed by atoms with E-state index in [1.165, 1.54) is 12.1 Å². The first kappa shape index (κ1) is 14.8. The summed E-state index contributed by atoms with van der Waals surface area (Å²) in [6, 6.07) is 6.44. The van der Waals surface area contributed by atoms with E-state index in [2.05, 4.69) is 5.32 Å². The molecule has 1 amide bonds. The van der Waals surface area contributed by atoms with Crippen molar-refractivity contribution in [1.82, 2.24) is 5.32 Å². The maximum atomic E-state index is 13.0. The normalized spacial score (nSPS) is 17.5. The van der Waals surface area contributed by atoms with E-state index in [0.29, 0.717) is 31.2 Å². The molecule has 1 aliphatic carbocycles. The van der Waals surface area contributed by atoms with Gasteiger partial charge >= 0.3 is 0 Å². The summed E-state index contributed by atoms with van der Waals surface area (Å²) >= 11 is 0. The molecule has 4 nitrogen and oxygen atoms in total. The standard InChI is InChI=1S/C15H21FN2O2/c1-15(14(17)19,18-12-6-7-12)8-3-9-20-13-5-2-4-11(16)10-13/h2,4-5,10,12,18H,3,6-9H2,1H3,(H2,17,19). The van der Waals surface area contributed by atoms with Crippen molar-refractivity contribution in [2.24, 2.45) is 5.73 Å². The molecule has 0 radical (unpaired) electrons. The van der Waals surface area contributed by atoms with Crippen LogP contribution in [0, 0.1) is 5.82 Å². The second kappa shape index (κ2) is 6.22. The number of rotatable bonds is 8. The summed E-state index contributed by atoms with van der Waals surface area (Å²) in [6.45, 7) is 2.26. The molecule has 1 aromatic rings. The lowest BCUT2D eigenvalue weighted by atomic mass is 9.95. The highest BCUT2D eigenvalue weighted by molar-refractivity contribution is 5.84. The van der Waals surface area contributed by atoms with Crippen LogP contribution in [0.15, 0.2) is 24.3 Å². The highest BCUT2D eigenvalue weighted by Crippen LogP contribution is 2.24. The number of nitrogens with one attached hydrogen (secondary N) is 1. The zero-order valence-electron chi connectivity index (χ0n) is 11.7. The first-order valence-corrected chi connectivity index (χ1v) is 6.95. The molecule has 2 rings (SSSR count). The lowest BCUT2D eigenvalue weighted by Gasteiger charge is -2.27. The Morgan fingerprint density at radius 3 is 2.90 bits per heavy atom. The van der Waals surface area contributed by atoms with Gasteiger partial charge in [0, 0.05) is 12.1 Å². The molecule has 1 unspecified atom stereocenters. The van der Waals surface area contributed by atoms with Crippen LogP contribution in [-0.4, -0.2) is 24.1 Å². The van der Waals surface area contributed by atoms with Crippen molar-refractivity contribution in [2.45, 2.75) is 44.2 Å². The number of carbonyl (C=O) groups is 1. The van der Waals surface area contributed by atoms with Crippen molar-refractivity contribution in [2.75, 3.05) is 6.61 Å². The second-order valence-electron chi connectivity index (χ2n) is 5.52. The molecule has 0 bridgehead atoms. The molecule has 1 fully saturated rings. The maximum absolute atomic E-state index is 13.0. The van der Waals surface area contributed by atoms with Crippen LogP contribution in [0.4, 0.5) is 4.39 Å². The van der Waals surface area contributed by atoms with Crippen LogP contribution in [0.5, 0.6) is 5.75 Å².